The van der Waals surface area contributed by atoms with Gasteiger partial charge in [-0.25, -0.2) is 4.18 Å². The highest BCUT2D eigenvalue weighted by atomic mass is 32.3. The number of hydrogen-bond donors (Lipinski definition) is 1. The zero-order chi connectivity index (χ0) is 8.20. The first-order valence-corrected chi connectivity index (χ1v) is 3.94. The van der Waals surface area contributed by atoms with Gasteiger partial charge in [0, 0.05) is 0 Å². The molecule has 0 saturated carbocycles. The van der Waals surface area contributed by atoms with Crippen molar-refractivity contribution in [1.82, 2.24) is 0 Å². The first-order chi connectivity index (χ1) is 4.48. The van der Waals surface area contributed by atoms with Crippen molar-refractivity contribution in [1.29, 1.82) is 0 Å². The molecule has 1 N–H and O–H groups in total. The van der Waals surface area contributed by atoms with Crippen LogP contribution in [0.2, 0.25) is 0 Å². The minimum Gasteiger partial charge on any atom is -0.391 e. The standard InChI is InChI=1S/C4H10O5S/c1-4(5)3-9-10(6,7)8-2/h4-5H,3H2,1-2H3. The van der Waals surface area contributed by atoms with Gasteiger partial charge in [-0.15, -0.1) is 0 Å². The number of rotatable bonds is 4. The van der Waals surface area contributed by atoms with E-state index in [9.17, 15) is 8.42 Å². The predicted molar refractivity (Wildman–Crippen MR) is 33.6 cm³/mol. The zero-order valence-corrected chi connectivity index (χ0v) is 6.59. The monoisotopic (exact) mass is 170 g/mol. The van der Waals surface area contributed by atoms with Crippen molar-refractivity contribution in [2.45, 2.75) is 13.0 Å². The maximum absolute atomic E-state index is 10.3. The Morgan fingerprint density at radius 1 is 1.60 bits per heavy atom. The van der Waals surface area contributed by atoms with E-state index in [-0.39, 0.29) is 6.61 Å². The molecule has 0 amide bonds. The van der Waals surface area contributed by atoms with Gasteiger partial charge in [0.25, 0.3) is 0 Å². The van der Waals surface area contributed by atoms with Gasteiger partial charge in [0.2, 0.25) is 0 Å². The van der Waals surface area contributed by atoms with Crippen LogP contribution in [0, 0.1) is 0 Å². The highest BCUT2D eigenvalue weighted by Gasteiger charge is 2.09. The van der Waals surface area contributed by atoms with E-state index in [0.717, 1.165) is 7.11 Å². The number of hydrogen-bond acceptors (Lipinski definition) is 5. The first-order valence-electron chi connectivity index (χ1n) is 2.61. The molecule has 0 aromatic heterocycles. The Hall–Kier alpha value is -0.170. The highest BCUT2D eigenvalue weighted by Crippen LogP contribution is 1.94. The zero-order valence-electron chi connectivity index (χ0n) is 5.77. The summed E-state index contributed by atoms with van der Waals surface area (Å²) in [6.45, 7) is 1.13. The lowest BCUT2D eigenvalue weighted by Gasteiger charge is -2.03. The summed E-state index contributed by atoms with van der Waals surface area (Å²) in [7, 11) is -2.89. The Morgan fingerprint density at radius 3 is 2.40 bits per heavy atom. The summed E-state index contributed by atoms with van der Waals surface area (Å²) in [5.74, 6) is 0. The minimum atomic E-state index is -3.87. The SMILES string of the molecule is COS(=O)(=O)OCC(C)O. The van der Waals surface area contributed by atoms with Crippen LogP contribution < -0.4 is 0 Å². The molecular formula is C4H10O5S. The second-order valence-corrected chi connectivity index (χ2v) is 3.09. The molecule has 0 spiro atoms. The molecule has 0 radical (unpaired) electrons. The average molecular weight is 170 g/mol. The Morgan fingerprint density at radius 2 is 2.10 bits per heavy atom. The molecule has 6 heteroatoms. The molecule has 0 saturated heterocycles. The van der Waals surface area contributed by atoms with Gasteiger partial charge in [-0.3, -0.25) is 4.18 Å². The molecule has 1 atom stereocenters. The summed E-state index contributed by atoms with van der Waals surface area (Å²) < 4.78 is 28.8. The molecule has 1 unspecified atom stereocenters. The fraction of sp³-hybridized carbons (Fsp3) is 1.00. The lowest BCUT2D eigenvalue weighted by atomic mass is 10.5. The summed E-state index contributed by atoms with van der Waals surface area (Å²) in [5.41, 5.74) is 0. The third-order valence-electron chi connectivity index (χ3n) is 0.658. The predicted octanol–water partition coefficient (Wildman–Crippen LogP) is -0.725. The Balaban J connectivity index is 3.70. The van der Waals surface area contributed by atoms with Crippen LogP contribution >= 0.6 is 0 Å². The summed E-state index contributed by atoms with van der Waals surface area (Å²) in [6.07, 6.45) is -0.815. The molecule has 0 rings (SSSR count). The maximum Gasteiger partial charge on any atom is 0.399 e. The molecule has 5 nitrogen and oxygen atoms in total. The van der Waals surface area contributed by atoms with E-state index in [4.69, 9.17) is 5.11 Å². The van der Waals surface area contributed by atoms with E-state index in [1.54, 1.807) is 0 Å². The molecule has 62 valence electrons. The molecule has 0 aromatic carbocycles. The smallest absolute Gasteiger partial charge is 0.391 e. The van der Waals surface area contributed by atoms with Crippen molar-refractivity contribution in [3.63, 3.8) is 0 Å². The van der Waals surface area contributed by atoms with E-state index >= 15 is 0 Å². The van der Waals surface area contributed by atoms with Crippen molar-refractivity contribution in [2.75, 3.05) is 13.7 Å². The first kappa shape index (κ1) is 9.83. The van der Waals surface area contributed by atoms with Crippen molar-refractivity contribution < 1.29 is 21.9 Å². The van der Waals surface area contributed by atoms with Crippen LogP contribution in [0.4, 0.5) is 0 Å². The van der Waals surface area contributed by atoms with Crippen LogP contribution in [0.1, 0.15) is 6.92 Å². The van der Waals surface area contributed by atoms with E-state index < -0.39 is 16.5 Å². The van der Waals surface area contributed by atoms with Crippen LogP contribution in [0.25, 0.3) is 0 Å². The molecule has 0 heterocycles. The normalized spacial score (nSPS) is 15.1. The van der Waals surface area contributed by atoms with Crippen molar-refractivity contribution in [3.8, 4) is 0 Å². The van der Waals surface area contributed by atoms with E-state index in [2.05, 4.69) is 8.37 Å². The van der Waals surface area contributed by atoms with Gasteiger partial charge >= 0.3 is 10.4 Å². The van der Waals surface area contributed by atoms with Gasteiger partial charge in [-0.1, -0.05) is 0 Å². The largest absolute Gasteiger partial charge is 0.399 e. The quantitative estimate of drug-likeness (QED) is 0.602. The Bertz CT molecular complexity index is 170. The second-order valence-electron chi connectivity index (χ2n) is 1.71. The van der Waals surface area contributed by atoms with Gasteiger partial charge in [0.1, 0.15) is 0 Å². The van der Waals surface area contributed by atoms with E-state index in [1.165, 1.54) is 6.92 Å². The van der Waals surface area contributed by atoms with Crippen LogP contribution in [0.3, 0.4) is 0 Å². The van der Waals surface area contributed by atoms with Crippen LogP contribution in [-0.4, -0.2) is 33.3 Å². The molecular weight excluding hydrogens is 160 g/mol. The molecule has 0 aliphatic rings. The average Bonchev–Trinajstić information content (AvgIpc) is 1.85. The van der Waals surface area contributed by atoms with Crippen LogP contribution in [-0.2, 0) is 18.8 Å². The fourth-order valence-corrected chi connectivity index (χ4v) is 0.690. The lowest BCUT2D eigenvalue weighted by molar-refractivity contribution is 0.114. The summed E-state index contributed by atoms with van der Waals surface area (Å²) >= 11 is 0. The van der Waals surface area contributed by atoms with Crippen LogP contribution in [0.5, 0.6) is 0 Å². The second kappa shape index (κ2) is 3.87. The van der Waals surface area contributed by atoms with Gasteiger partial charge in [0.05, 0.1) is 19.8 Å². The molecule has 0 aliphatic heterocycles. The van der Waals surface area contributed by atoms with Crippen LogP contribution in [0.15, 0.2) is 0 Å². The lowest BCUT2D eigenvalue weighted by Crippen LogP contribution is -2.16. The minimum absolute atomic E-state index is 0.282. The van der Waals surface area contributed by atoms with Gasteiger partial charge in [-0.05, 0) is 6.92 Å². The number of aliphatic hydroxyl groups is 1. The fourth-order valence-electron chi connectivity index (χ4n) is 0.230. The Labute approximate surface area is 59.9 Å². The molecule has 0 aliphatic carbocycles. The highest BCUT2D eigenvalue weighted by molar-refractivity contribution is 7.81. The Kier molecular flexibility index (Phi) is 3.80. The van der Waals surface area contributed by atoms with Crippen molar-refractivity contribution in [3.05, 3.63) is 0 Å². The summed E-state index contributed by atoms with van der Waals surface area (Å²) in [6, 6.07) is 0. The van der Waals surface area contributed by atoms with Gasteiger partial charge in [-0.2, -0.15) is 8.42 Å². The molecule has 10 heavy (non-hydrogen) atoms. The molecule has 0 bridgehead atoms. The molecule has 0 aromatic rings. The van der Waals surface area contributed by atoms with Gasteiger partial charge in [0.15, 0.2) is 0 Å². The molecule has 0 fully saturated rings. The van der Waals surface area contributed by atoms with Crippen molar-refractivity contribution >= 4 is 10.4 Å². The van der Waals surface area contributed by atoms with E-state index in [0.29, 0.717) is 0 Å². The third kappa shape index (κ3) is 4.68. The summed E-state index contributed by atoms with van der Waals surface area (Å²) in [4.78, 5) is 0. The summed E-state index contributed by atoms with van der Waals surface area (Å²) in [5, 5.41) is 8.57. The van der Waals surface area contributed by atoms with Gasteiger partial charge < -0.3 is 5.11 Å². The maximum atomic E-state index is 10.3. The topological polar surface area (TPSA) is 72.8 Å². The van der Waals surface area contributed by atoms with Crippen molar-refractivity contribution in [2.24, 2.45) is 0 Å². The van der Waals surface area contributed by atoms with E-state index in [1.807, 2.05) is 0 Å². The third-order valence-corrected chi connectivity index (χ3v) is 1.49. The number of aliphatic hydroxyl groups excluding tert-OH is 1.